The van der Waals surface area contributed by atoms with Crippen LogP contribution in [-0.2, 0) is 4.79 Å². The van der Waals surface area contributed by atoms with Gasteiger partial charge in [0, 0.05) is 5.02 Å². The number of carbonyl (C=O) groups is 1. The number of esters is 1. The Labute approximate surface area is 110 Å². The van der Waals surface area contributed by atoms with Gasteiger partial charge in [0.2, 0.25) is 0 Å². The van der Waals surface area contributed by atoms with E-state index in [-0.39, 0.29) is 5.88 Å². The van der Waals surface area contributed by atoms with Crippen LogP contribution in [0.5, 0.6) is 5.75 Å². The molecular weight excluding hydrogens is 361 g/mol. The van der Waals surface area contributed by atoms with Crippen molar-refractivity contribution < 1.29 is 9.53 Å². The lowest BCUT2D eigenvalue weighted by atomic mass is 10.3. The van der Waals surface area contributed by atoms with Crippen LogP contribution < -0.4 is 4.74 Å². The first-order valence-electron chi connectivity index (χ1n) is 3.45. The van der Waals surface area contributed by atoms with Gasteiger partial charge in [0.15, 0.2) is 5.75 Å². The molecule has 0 heterocycles. The molecule has 0 atom stereocenters. The van der Waals surface area contributed by atoms with Crippen molar-refractivity contribution in [2.75, 3.05) is 5.88 Å². The van der Waals surface area contributed by atoms with Crippen LogP contribution in [0.3, 0.4) is 0 Å². The first kappa shape index (κ1) is 12.4. The fraction of sp³-hybridized carbons (Fsp3) is 0.125. The number of benzene rings is 1. The van der Waals surface area contributed by atoms with Gasteiger partial charge in [-0.25, -0.2) is 0 Å². The number of hydrogen-bond acceptors (Lipinski definition) is 2. The van der Waals surface area contributed by atoms with E-state index in [0.29, 0.717) is 19.4 Å². The first-order valence-corrected chi connectivity index (χ1v) is 5.82. The van der Waals surface area contributed by atoms with E-state index in [1.807, 2.05) is 22.6 Å². The lowest BCUT2D eigenvalue weighted by Crippen LogP contribution is -2.10. The fourth-order valence-electron chi connectivity index (χ4n) is 0.768. The number of ether oxygens (including phenoxy) is 1. The molecule has 1 aromatic carbocycles. The van der Waals surface area contributed by atoms with E-state index in [0.717, 1.165) is 0 Å². The standard InChI is InChI=1S/C8H4Cl3IO2/c9-3-7(13)14-8-5(11)1-4(10)2-6(8)12/h1-2H,3H2. The summed E-state index contributed by atoms with van der Waals surface area (Å²) in [5.41, 5.74) is 0. The molecule has 0 radical (unpaired) electrons. The minimum absolute atomic E-state index is 0.213. The summed E-state index contributed by atoms with van der Waals surface area (Å²) in [6, 6.07) is 3.15. The van der Waals surface area contributed by atoms with Crippen molar-refractivity contribution in [2.45, 2.75) is 0 Å². The smallest absolute Gasteiger partial charge is 0.326 e. The van der Waals surface area contributed by atoms with Gasteiger partial charge in [-0.3, -0.25) is 4.79 Å². The van der Waals surface area contributed by atoms with Crippen LogP contribution in [0.25, 0.3) is 0 Å². The Morgan fingerprint density at radius 3 is 2.57 bits per heavy atom. The molecule has 0 amide bonds. The second-order valence-corrected chi connectivity index (χ2v) is 4.58. The SMILES string of the molecule is O=C(CCl)Oc1c(Cl)cc(Cl)cc1I. The minimum atomic E-state index is -0.547. The van der Waals surface area contributed by atoms with E-state index in [2.05, 4.69) is 0 Å². The molecule has 0 N–H and O–H groups in total. The van der Waals surface area contributed by atoms with Gasteiger partial charge in [-0.15, -0.1) is 11.6 Å². The van der Waals surface area contributed by atoms with Crippen molar-refractivity contribution in [3.8, 4) is 5.75 Å². The van der Waals surface area contributed by atoms with E-state index in [1.165, 1.54) is 6.07 Å². The molecule has 0 bridgehead atoms. The Balaban J connectivity index is 3.02. The molecule has 0 saturated heterocycles. The maximum Gasteiger partial charge on any atom is 0.326 e. The van der Waals surface area contributed by atoms with Gasteiger partial charge in [-0.1, -0.05) is 23.2 Å². The highest BCUT2D eigenvalue weighted by atomic mass is 127. The molecule has 0 aromatic heterocycles. The summed E-state index contributed by atoms with van der Waals surface area (Å²) < 4.78 is 5.58. The molecule has 0 aliphatic heterocycles. The predicted octanol–water partition coefficient (Wildman–Crippen LogP) is 3.74. The zero-order valence-electron chi connectivity index (χ0n) is 6.69. The van der Waals surface area contributed by atoms with E-state index < -0.39 is 5.97 Å². The van der Waals surface area contributed by atoms with Crippen molar-refractivity contribution >= 4 is 63.4 Å². The molecular formula is C8H4Cl3IO2. The Morgan fingerprint density at radius 1 is 1.43 bits per heavy atom. The number of hydrogen-bond donors (Lipinski definition) is 0. The molecule has 0 aliphatic rings. The lowest BCUT2D eigenvalue weighted by Gasteiger charge is -2.07. The van der Waals surface area contributed by atoms with Crippen LogP contribution in [-0.4, -0.2) is 11.8 Å². The summed E-state index contributed by atoms with van der Waals surface area (Å²) in [6.07, 6.45) is 0. The van der Waals surface area contributed by atoms with Crippen LogP contribution in [0.1, 0.15) is 0 Å². The van der Waals surface area contributed by atoms with Gasteiger partial charge < -0.3 is 4.74 Å². The van der Waals surface area contributed by atoms with Gasteiger partial charge in [0.25, 0.3) is 0 Å². The number of carbonyl (C=O) groups excluding carboxylic acids is 1. The summed E-state index contributed by atoms with van der Waals surface area (Å²) in [4.78, 5) is 10.9. The fourth-order valence-corrected chi connectivity index (χ4v) is 2.43. The Bertz CT molecular complexity index is 345. The summed E-state index contributed by atoms with van der Waals surface area (Å²) in [5.74, 6) is -0.467. The van der Waals surface area contributed by atoms with E-state index in [4.69, 9.17) is 39.5 Å². The largest absolute Gasteiger partial charge is 0.423 e. The first-order chi connectivity index (χ1) is 6.54. The molecule has 0 aliphatic carbocycles. The second kappa shape index (κ2) is 5.39. The predicted molar refractivity (Wildman–Crippen MR) is 65.5 cm³/mol. The maximum absolute atomic E-state index is 10.9. The van der Waals surface area contributed by atoms with Crippen LogP contribution in [0, 0.1) is 3.57 Å². The molecule has 2 nitrogen and oxygen atoms in total. The van der Waals surface area contributed by atoms with E-state index in [9.17, 15) is 4.79 Å². The van der Waals surface area contributed by atoms with Gasteiger partial charge in [0.05, 0.1) is 8.59 Å². The zero-order chi connectivity index (χ0) is 10.7. The molecule has 0 unspecified atom stereocenters. The normalized spacial score (nSPS) is 10.0. The monoisotopic (exact) mass is 364 g/mol. The van der Waals surface area contributed by atoms with Crippen molar-refractivity contribution in [1.82, 2.24) is 0 Å². The molecule has 14 heavy (non-hydrogen) atoms. The van der Waals surface area contributed by atoms with Crippen molar-refractivity contribution in [3.05, 3.63) is 25.7 Å². The van der Waals surface area contributed by atoms with Crippen molar-refractivity contribution in [2.24, 2.45) is 0 Å². The average molecular weight is 365 g/mol. The molecule has 0 fully saturated rings. The number of alkyl halides is 1. The number of halogens is 4. The second-order valence-electron chi connectivity index (χ2n) is 2.31. The van der Waals surface area contributed by atoms with Crippen LogP contribution in [0.15, 0.2) is 12.1 Å². The summed E-state index contributed by atoms with van der Waals surface area (Å²) in [5, 5.41) is 0.783. The summed E-state index contributed by atoms with van der Waals surface area (Å²) in [7, 11) is 0. The van der Waals surface area contributed by atoms with Gasteiger partial charge >= 0.3 is 5.97 Å². The number of rotatable bonds is 2. The summed E-state index contributed by atoms with van der Waals surface area (Å²) in [6.45, 7) is 0. The van der Waals surface area contributed by atoms with Crippen molar-refractivity contribution in [3.63, 3.8) is 0 Å². The highest BCUT2D eigenvalue weighted by Crippen LogP contribution is 2.33. The Hall–Kier alpha value is 0.290. The third-order valence-corrected chi connectivity index (χ3v) is 2.81. The molecule has 6 heteroatoms. The summed E-state index contributed by atoms with van der Waals surface area (Å²) >= 11 is 18.8. The zero-order valence-corrected chi connectivity index (χ0v) is 11.1. The third kappa shape index (κ3) is 3.15. The molecule has 1 aromatic rings. The highest BCUT2D eigenvalue weighted by molar-refractivity contribution is 14.1. The molecule has 76 valence electrons. The van der Waals surface area contributed by atoms with Crippen LogP contribution >= 0.6 is 57.4 Å². The van der Waals surface area contributed by atoms with E-state index >= 15 is 0 Å². The van der Waals surface area contributed by atoms with Crippen molar-refractivity contribution in [1.29, 1.82) is 0 Å². The molecule has 1 rings (SSSR count). The Morgan fingerprint density at radius 2 is 2.07 bits per heavy atom. The average Bonchev–Trinajstić information content (AvgIpc) is 2.10. The van der Waals surface area contributed by atoms with Gasteiger partial charge in [-0.2, -0.15) is 0 Å². The van der Waals surface area contributed by atoms with Gasteiger partial charge in [0.1, 0.15) is 5.88 Å². The highest BCUT2D eigenvalue weighted by Gasteiger charge is 2.12. The minimum Gasteiger partial charge on any atom is -0.423 e. The lowest BCUT2D eigenvalue weighted by molar-refractivity contribution is -0.131. The van der Waals surface area contributed by atoms with E-state index in [1.54, 1.807) is 6.07 Å². The topological polar surface area (TPSA) is 26.3 Å². The quantitative estimate of drug-likeness (QED) is 0.345. The van der Waals surface area contributed by atoms with Gasteiger partial charge in [-0.05, 0) is 34.7 Å². The molecule has 0 spiro atoms. The third-order valence-electron chi connectivity index (χ3n) is 1.29. The maximum atomic E-state index is 10.9. The van der Waals surface area contributed by atoms with Crippen LogP contribution in [0.2, 0.25) is 10.0 Å². The molecule has 0 saturated carbocycles. The van der Waals surface area contributed by atoms with Crippen LogP contribution in [0.4, 0.5) is 0 Å². The Kier molecular flexibility index (Phi) is 4.76.